The second-order valence-electron chi connectivity index (χ2n) is 5.30. The summed E-state index contributed by atoms with van der Waals surface area (Å²) in [4.78, 5) is 7.31. The van der Waals surface area contributed by atoms with Gasteiger partial charge in [0.2, 0.25) is 0 Å². The Bertz CT molecular complexity index is 419. The van der Waals surface area contributed by atoms with Crippen LogP contribution in [-0.4, -0.2) is 29.1 Å². The zero-order valence-corrected chi connectivity index (χ0v) is 11.0. The van der Waals surface area contributed by atoms with E-state index in [0.29, 0.717) is 12.0 Å². The van der Waals surface area contributed by atoms with Crippen LogP contribution in [0.25, 0.3) is 0 Å². The first-order valence-corrected chi connectivity index (χ1v) is 7.04. The first-order valence-electron chi connectivity index (χ1n) is 7.04. The van der Waals surface area contributed by atoms with Crippen LogP contribution in [0.15, 0.2) is 0 Å². The molecule has 0 amide bonds. The summed E-state index contributed by atoms with van der Waals surface area (Å²) < 4.78 is 0. The van der Waals surface area contributed by atoms with Gasteiger partial charge in [0.25, 0.3) is 0 Å². The average molecular weight is 250 g/mol. The summed E-state index contributed by atoms with van der Waals surface area (Å²) in [5.74, 6) is 1.27. The highest BCUT2D eigenvalue weighted by atomic mass is 16.7. The second-order valence-corrected chi connectivity index (χ2v) is 5.30. The maximum absolute atomic E-state index is 6.24. The first-order chi connectivity index (χ1) is 8.79. The number of hydrogen-bond acceptors (Lipinski definition) is 4. The van der Waals surface area contributed by atoms with Gasteiger partial charge in [0, 0.05) is 5.56 Å². The van der Waals surface area contributed by atoms with Crippen molar-refractivity contribution < 1.29 is 4.84 Å². The first kappa shape index (κ1) is 11.8. The van der Waals surface area contributed by atoms with Gasteiger partial charge in [-0.2, -0.15) is 0 Å². The Balaban J connectivity index is 1.87. The molecule has 1 aliphatic carbocycles. The van der Waals surface area contributed by atoms with E-state index >= 15 is 0 Å². The number of aromatic nitrogens is 2. The van der Waals surface area contributed by atoms with Gasteiger partial charge in [-0.15, -0.1) is 5.10 Å². The Labute approximate surface area is 108 Å². The van der Waals surface area contributed by atoms with Crippen LogP contribution in [0, 0.1) is 0 Å². The van der Waals surface area contributed by atoms with Crippen LogP contribution in [0.1, 0.15) is 49.8 Å². The predicted molar refractivity (Wildman–Crippen MR) is 70.5 cm³/mol. The van der Waals surface area contributed by atoms with Crippen molar-refractivity contribution in [1.29, 1.82) is 0 Å². The van der Waals surface area contributed by atoms with E-state index in [1.165, 1.54) is 5.56 Å². The van der Waals surface area contributed by atoms with Gasteiger partial charge < -0.3 is 15.9 Å². The summed E-state index contributed by atoms with van der Waals surface area (Å²) >= 11 is 0. The van der Waals surface area contributed by atoms with Crippen molar-refractivity contribution in [2.24, 2.45) is 0 Å². The normalized spacial score (nSPS) is 21.2. The monoisotopic (exact) mass is 250 g/mol. The smallest absolute Gasteiger partial charge is 0.166 e. The quantitative estimate of drug-likeness (QED) is 0.839. The highest BCUT2D eigenvalue weighted by molar-refractivity contribution is 5.46. The lowest BCUT2D eigenvalue weighted by atomic mass is 9.89. The molecule has 3 rings (SSSR count). The van der Waals surface area contributed by atoms with Crippen LogP contribution in [0.5, 0.6) is 0 Å². The van der Waals surface area contributed by atoms with Crippen LogP contribution in [0.2, 0.25) is 0 Å². The molecule has 18 heavy (non-hydrogen) atoms. The van der Waals surface area contributed by atoms with Crippen molar-refractivity contribution in [3.8, 4) is 0 Å². The lowest BCUT2D eigenvalue weighted by Crippen LogP contribution is -2.27. The third kappa shape index (κ3) is 2.19. The molecule has 0 unspecified atom stereocenters. The minimum atomic E-state index is 0.331. The summed E-state index contributed by atoms with van der Waals surface area (Å²) in [5, 5.41) is 7.92. The van der Waals surface area contributed by atoms with E-state index in [9.17, 15) is 0 Å². The molecule has 2 heterocycles. The van der Waals surface area contributed by atoms with Gasteiger partial charge in [0.1, 0.15) is 6.10 Å². The fourth-order valence-electron chi connectivity index (χ4n) is 2.68. The molecule has 0 atom stereocenters. The highest BCUT2D eigenvalue weighted by Gasteiger charge is 2.29. The summed E-state index contributed by atoms with van der Waals surface area (Å²) in [6.07, 6.45) is 5.80. The van der Waals surface area contributed by atoms with Crippen LogP contribution in [0.3, 0.4) is 0 Å². The molecule has 1 saturated carbocycles. The standard InChI is InChI=1S/C13H22N4O/c1-2-11-12(9-5-7-15-8-6-9)13(14)17(16-11)18-10-3-4-10/h9-10,15H,2-8,14H2,1H3. The van der Waals surface area contributed by atoms with Gasteiger partial charge >= 0.3 is 0 Å². The van der Waals surface area contributed by atoms with Crippen molar-refractivity contribution in [2.45, 2.75) is 51.0 Å². The SMILES string of the molecule is CCc1nn(OC2CC2)c(N)c1C1CCNCC1. The lowest BCUT2D eigenvalue weighted by Gasteiger charge is -2.23. The fraction of sp³-hybridized carbons (Fsp3) is 0.769. The van der Waals surface area contributed by atoms with Gasteiger partial charge in [-0.3, -0.25) is 0 Å². The summed E-state index contributed by atoms with van der Waals surface area (Å²) in [5.41, 5.74) is 8.59. The van der Waals surface area contributed by atoms with E-state index < -0.39 is 0 Å². The minimum Gasteiger partial charge on any atom is -0.392 e. The molecule has 100 valence electrons. The largest absolute Gasteiger partial charge is 0.392 e. The highest BCUT2D eigenvalue weighted by Crippen LogP contribution is 2.33. The van der Waals surface area contributed by atoms with Crippen molar-refractivity contribution in [3.05, 3.63) is 11.3 Å². The van der Waals surface area contributed by atoms with Gasteiger partial charge in [0.05, 0.1) is 5.69 Å². The molecule has 0 radical (unpaired) electrons. The number of anilines is 1. The van der Waals surface area contributed by atoms with E-state index in [1.807, 2.05) is 0 Å². The predicted octanol–water partition coefficient (Wildman–Crippen LogP) is 1.09. The molecule has 3 N–H and O–H groups in total. The molecular formula is C13H22N4O. The Kier molecular flexibility index (Phi) is 3.16. The number of rotatable bonds is 4. The molecule has 5 nitrogen and oxygen atoms in total. The fourth-order valence-corrected chi connectivity index (χ4v) is 2.68. The van der Waals surface area contributed by atoms with E-state index in [4.69, 9.17) is 10.6 Å². The van der Waals surface area contributed by atoms with Crippen molar-refractivity contribution in [2.75, 3.05) is 18.8 Å². The van der Waals surface area contributed by atoms with Crippen LogP contribution in [-0.2, 0) is 6.42 Å². The zero-order valence-electron chi connectivity index (χ0n) is 11.0. The molecule has 1 aliphatic heterocycles. The number of piperidine rings is 1. The number of hydrogen-bond donors (Lipinski definition) is 2. The minimum absolute atomic E-state index is 0.331. The topological polar surface area (TPSA) is 65.1 Å². The van der Waals surface area contributed by atoms with Crippen molar-refractivity contribution in [1.82, 2.24) is 15.3 Å². The Morgan fingerprint density at radius 3 is 2.67 bits per heavy atom. The third-order valence-electron chi connectivity index (χ3n) is 3.86. The average Bonchev–Trinajstić information content (AvgIpc) is 3.16. The second kappa shape index (κ2) is 4.80. The number of aryl methyl sites for hydroxylation is 1. The zero-order chi connectivity index (χ0) is 12.5. The van der Waals surface area contributed by atoms with E-state index in [2.05, 4.69) is 17.3 Å². The molecule has 1 aromatic heterocycles. The molecule has 5 heteroatoms. The number of nitrogen functional groups attached to an aromatic ring is 1. The lowest BCUT2D eigenvalue weighted by molar-refractivity contribution is 0.0731. The summed E-state index contributed by atoms with van der Waals surface area (Å²) in [7, 11) is 0. The molecule has 0 spiro atoms. The number of nitrogens with two attached hydrogens (primary N) is 1. The molecule has 0 bridgehead atoms. The van der Waals surface area contributed by atoms with Crippen molar-refractivity contribution in [3.63, 3.8) is 0 Å². The van der Waals surface area contributed by atoms with Gasteiger partial charge in [0.15, 0.2) is 5.82 Å². The van der Waals surface area contributed by atoms with Crippen LogP contribution in [0.4, 0.5) is 5.82 Å². The van der Waals surface area contributed by atoms with E-state index in [1.54, 1.807) is 4.85 Å². The van der Waals surface area contributed by atoms with Crippen LogP contribution < -0.4 is 15.9 Å². The van der Waals surface area contributed by atoms with Gasteiger partial charge in [-0.05, 0) is 51.1 Å². The Morgan fingerprint density at radius 2 is 2.06 bits per heavy atom. The van der Waals surface area contributed by atoms with Gasteiger partial charge in [-0.1, -0.05) is 11.8 Å². The molecule has 1 aromatic rings. The third-order valence-corrected chi connectivity index (χ3v) is 3.86. The van der Waals surface area contributed by atoms with Crippen molar-refractivity contribution >= 4 is 5.82 Å². The van der Waals surface area contributed by atoms with E-state index in [-0.39, 0.29) is 0 Å². The van der Waals surface area contributed by atoms with Gasteiger partial charge in [-0.25, -0.2) is 0 Å². The Morgan fingerprint density at radius 1 is 1.33 bits per heavy atom. The molecule has 2 fully saturated rings. The Hall–Kier alpha value is -1.23. The maximum atomic E-state index is 6.24. The number of nitrogens with zero attached hydrogens (tertiary/aromatic N) is 2. The summed E-state index contributed by atoms with van der Waals surface area (Å²) in [6, 6.07) is 0. The van der Waals surface area contributed by atoms with Crippen LogP contribution >= 0.6 is 0 Å². The number of nitrogens with one attached hydrogen (secondary N) is 1. The molecule has 0 aromatic carbocycles. The summed E-state index contributed by atoms with van der Waals surface area (Å²) in [6.45, 7) is 4.28. The molecule has 2 aliphatic rings. The van der Waals surface area contributed by atoms with E-state index in [0.717, 1.165) is 56.7 Å². The molecular weight excluding hydrogens is 228 g/mol. The molecule has 1 saturated heterocycles. The maximum Gasteiger partial charge on any atom is 0.166 e.